The van der Waals surface area contributed by atoms with Gasteiger partial charge in [-0.15, -0.1) is 10.2 Å². The molecule has 2 aromatic heterocycles. The maximum Gasteiger partial charge on any atom is 0.321 e. The van der Waals surface area contributed by atoms with Gasteiger partial charge in [0.1, 0.15) is 5.82 Å². The summed E-state index contributed by atoms with van der Waals surface area (Å²) in [6, 6.07) is 3.40. The first kappa shape index (κ1) is 20.0. The molecule has 4 rings (SSSR count). The van der Waals surface area contributed by atoms with E-state index in [1.807, 2.05) is 4.90 Å². The number of methoxy groups -OCH3 is 1. The van der Waals surface area contributed by atoms with Gasteiger partial charge in [0, 0.05) is 13.1 Å². The molecule has 3 aromatic rings. The number of ether oxygens (including phenoxy) is 1. The van der Waals surface area contributed by atoms with Crippen molar-refractivity contribution in [1.82, 2.24) is 40.3 Å². The average Bonchev–Trinajstić information content (AvgIpc) is 3.46. The summed E-state index contributed by atoms with van der Waals surface area (Å²) in [6.07, 6.45) is 2.06. The highest BCUT2D eigenvalue weighted by Crippen LogP contribution is 2.23. The zero-order chi connectivity index (χ0) is 21.1. The molecule has 1 aromatic carbocycles. The second kappa shape index (κ2) is 8.23. The number of benzene rings is 1. The Hall–Kier alpha value is -3.26. The fraction of sp³-hybridized carbons (Fsp3) is 0.375. The van der Waals surface area contributed by atoms with E-state index in [9.17, 15) is 12.8 Å². The molecule has 30 heavy (non-hydrogen) atoms. The SMILES string of the molecule is COc1nc(CNS(=O)(=O)c2ccc(F)c(-c3nn[nH]n3)c2)nc(N2CCCC2)n1. The number of nitrogens with one attached hydrogen (secondary N) is 2. The molecule has 0 unspecified atom stereocenters. The van der Waals surface area contributed by atoms with Crippen LogP contribution in [0.15, 0.2) is 23.1 Å². The van der Waals surface area contributed by atoms with E-state index in [2.05, 4.69) is 40.3 Å². The minimum atomic E-state index is -4.00. The van der Waals surface area contributed by atoms with Crippen LogP contribution < -0.4 is 14.4 Å². The lowest BCUT2D eigenvalue weighted by atomic mass is 10.2. The number of sulfonamides is 1. The minimum absolute atomic E-state index is 0.0537. The van der Waals surface area contributed by atoms with Gasteiger partial charge in [0.05, 0.1) is 24.1 Å². The highest BCUT2D eigenvalue weighted by atomic mass is 32.2. The van der Waals surface area contributed by atoms with E-state index in [4.69, 9.17) is 4.74 Å². The van der Waals surface area contributed by atoms with Gasteiger partial charge in [-0.05, 0) is 36.3 Å². The molecule has 1 fully saturated rings. The Kier molecular flexibility index (Phi) is 5.50. The molecule has 14 heteroatoms. The van der Waals surface area contributed by atoms with Crippen LogP contribution in [0.5, 0.6) is 6.01 Å². The summed E-state index contributed by atoms with van der Waals surface area (Å²) >= 11 is 0. The molecule has 158 valence electrons. The van der Waals surface area contributed by atoms with Crippen LogP contribution in [0.25, 0.3) is 11.4 Å². The van der Waals surface area contributed by atoms with Crippen LogP contribution in [0.4, 0.5) is 10.3 Å². The molecular formula is C16H18FN9O3S. The van der Waals surface area contributed by atoms with Crippen molar-refractivity contribution in [2.75, 3.05) is 25.1 Å². The molecule has 12 nitrogen and oxygen atoms in total. The Morgan fingerprint density at radius 1 is 1.23 bits per heavy atom. The number of aromatic nitrogens is 7. The van der Waals surface area contributed by atoms with Crippen LogP contribution in [0.2, 0.25) is 0 Å². The van der Waals surface area contributed by atoms with Crippen molar-refractivity contribution in [2.24, 2.45) is 0 Å². The molecule has 0 amide bonds. The Labute approximate surface area is 171 Å². The van der Waals surface area contributed by atoms with Gasteiger partial charge >= 0.3 is 6.01 Å². The zero-order valence-electron chi connectivity index (χ0n) is 15.9. The monoisotopic (exact) mass is 435 g/mol. The molecule has 2 N–H and O–H groups in total. The molecule has 0 saturated carbocycles. The predicted octanol–water partition coefficient (Wildman–Crippen LogP) is 0.278. The summed E-state index contributed by atoms with van der Waals surface area (Å²) < 4.78 is 47.0. The Morgan fingerprint density at radius 2 is 2.03 bits per heavy atom. The summed E-state index contributed by atoms with van der Waals surface area (Å²) in [6.45, 7) is 1.43. The van der Waals surface area contributed by atoms with Crippen molar-refractivity contribution in [2.45, 2.75) is 24.3 Å². The van der Waals surface area contributed by atoms with E-state index in [1.165, 1.54) is 7.11 Å². The van der Waals surface area contributed by atoms with Crippen LogP contribution in [-0.2, 0) is 16.6 Å². The van der Waals surface area contributed by atoms with Gasteiger partial charge in [-0.25, -0.2) is 17.5 Å². The number of H-pyrrole nitrogens is 1. The van der Waals surface area contributed by atoms with Crippen LogP contribution in [-0.4, -0.2) is 64.2 Å². The number of nitrogens with zero attached hydrogens (tertiary/aromatic N) is 7. The molecule has 3 heterocycles. The fourth-order valence-electron chi connectivity index (χ4n) is 2.98. The van der Waals surface area contributed by atoms with E-state index in [0.717, 1.165) is 44.1 Å². The number of anilines is 1. The third-order valence-corrected chi connectivity index (χ3v) is 5.87. The first-order valence-corrected chi connectivity index (χ1v) is 10.5. The maximum absolute atomic E-state index is 14.1. The molecule has 1 saturated heterocycles. The van der Waals surface area contributed by atoms with E-state index in [0.29, 0.717) is 5.95 Å². The van der Waals surface area contributed by atoms with E-state index >= 15 is 0 Å². The smallest absolute Gasteiger partial charge is 0.321 e. The molecule has 0 spiro atoms. The topological polar surface area (TPSA) is 152 Å². The zero-order valence-corrected chi connectivity index (χ0v) is 16.7. The third-order valence-electron chi connectivity index (χ3n) is 4.48. The predicted molar refractivity (Wildman–Crippen MR) is 101 cm³/mol. The van der Waals surface area contributed by atoms with E-state index < -0.39 is 15.8 Å². The van der Waals surface area contributed by atoms with E-state index in [-0.39, 0.29) is 34.7 Å². The second-order valence-electron chi connectivity index (χ2n) is 6.43. The standard InChI is InChI=1S/C16H18FN9O3S/c1-29-16-20-13(19-15(21-16)26-6-2-3-7-26)9-18-30(27,28)10-4-5-12(17)11(8-10)14-22-24-25-23-14/h4-5,8,18H,2-3,6-7,9H2,1H3,(H,22,23,24,25). The van der Waals surface area contributed by atoms with Crippen LogP contribution in [0.1, 0.15) is 18.7 Å². The van der Waals surface area contributed by atoms with Crippen molar-refractivity contribution >= 4 is 16.0 Å². The quantitative estimate of drug-likeness (QED) is 0.529. The number of halogens is 1. The normalized spacial score (nSPS) is 14.3. The Balaban J connectivity index is 1.56. The lowest BCUT2D eigenvalue weighted by Crippen LogP contribution is -2.26. The molecule has 1 aliphatic rings. The van der Waals surface area contributed by atoms with Crippen molar-refractivity contribution in [3.63, 3.8) is 0 Å². The largest absolute Gasteiger partial charge is 0.467 e. The van der Waals surface area contributed by atoms with Gasteiger partial charge in [0.25, 0.3) is 0 Å². The summed E-state index contributed by atoms with van der Waals surface area (Å²) in [5.74, 6) is -0.0858. The number of rotatable bonds is 7. The first-order chi connectivity index (χ1) is 14.5. The van der Waals surface area contributed by atoms with Gasteiger partial charge in [-0.3, -0.25) is 0 Å². The number of hydrogen-bond donors (Lipinski definition) is 2. The summed E-state index contributed by atoms with van der Waals surface area (Å²) in [5, 5.41) is 12.9. The van der Waals surface area contributed by atoms with Gasteiger partial charge < -0.3 is 9.64 Å². The summed E-state index contributed by atoms with van der Waals surface area (Å²) in [5.41, 5.74) is -0.0928. The van der Waals surface area contributed by atoms with Gasteiger partial charge in [0.2, 0.25) is 21.8 Å². The molecule has 0 atom stereocenters. The van der Waals surface area contributed by atoms with Crippen molar-refractivity contribution < 1.29 is 17.5 Å². The highest BCUT2D eigenvalue weighted by Gasteiger charge is 2.21. The van der Waals surface area contributed by atoms with Crippen LogP contribution in [0, 0.1) is 5.82 Å². The number of tetrazole rings is 1. The molecular weight excluding hydrogens is 417 g/mol. The van der Waals surface area contributed by atoms with Gasteiger partial charge in [-0.2, -0.15) is 20.2 Å². The van der Waals surface area contributed by atoms with Crippen LogP contribution >= 0.6 is 0 Å². The summed E-state index contributed by atoms with van der Waals surface area (Å²) in [7, 11) is -2.57. The lowest BCUT2D eigenvalue weighted by Gasteiger charge is -2.16. The van der Waals surface area contributed by atoms with Crippen molar-refractivity contribution in [1.29, 1.82) is 0 Å². The fourth-order valence-corrected chi connectivity index (χ4v) is 3.98. The third kappa shape index (κ3) is 4.18. The van der Waals surface area contributed by atoms with Gasteiger partial charge in [-0.1, -0.05) is 0 Å². The molecule has 0 aliphatic carbocycles. The van der Waals surface area contributed by atoms with Crippen molar-refractivity contribution in [3.8, 4) is 17.4 Å². The molecule has 0 bridgehead atoms. The maximum atomic E-state index is 14.1. The highest BCUT2D eigenvalue weighted by molar-refractivity contribution is 7.89. The lowest BCUT2D eigenvalue weighted by molar-refractivity contribution is 0.375. The van der Waals surface area contributed by atoms with Crippen molar-refractivity contribution in [3.05, 3.63) is 29.8 Å². The minimum Gasteiger partial charge on any atom is -0.467 e. The average molecular weight is 435 g/mol. The first-order valence-electron chi connectivity index (χ1n) is 9.03. The Morgan fingerprint density at radius 3 is 2.73 bits per heavy atom. The molecule has 0 radical (unpaired) electrons. The molecule has 1 aliphatic heterocycles. The van der Waals surface area contributed by atoms with E-state index in [1.54, 1.807) is 0 Å². The number of hydrogen-bond acceptors (Lipinski definition) is 10. The van der Waals surface area contributed by atoms with Gasteiger partial charge in [0.15, 0.2) is 5.82 Å². The Bertz CT molecular complexity index is 1130. The van der Waals surface area contributed by atoms with Crippen LogP contribution in [0.3, 0.4) is 0 Å². The number of aromatic amines is 1. The second-order valence-corrected chi connectivity index (χ2v) is 8.20. The summed E-state index contributed by atoms with van der Waals surface area (Å²) in [4.78, 5) is 14.5.